The van der Waals surface area contributed by atoms with Gasteiger partial charge in [0.05, 0.1) is 0 Å². The fourth-order valence-corrected chi connectivity index (χ4v) is 5.92. The Balaban J connectivity index is 1.60. The van der Waals surface area contributed by atoms with Gasteiger partial charge in [-0.25, -0.2) is 0 Å². The summed E-state index contributed by atoms with van der Waals surface area (Å²) in [5.41, 5.74) is 1.60. The molecule has 0 spiro atoms. The van der Waals surface area contributed by atoms with E-state index in [0.29, 0.717) is 17.6 Å². The van der Waals surface area contributed by atoms with E-state index >= 15 is 0 Å². The van der Waals surface area contributed by atoms with E-state index in [4.69, 9.17) is 0 Å². The number of aromatic nitrogens is 1. The normalized spacial score (nSPS) is 41.9. The molecular formula is C18H23NO. The van der Waals surface area contributed by atoms with E-state index < -0.39 is 0 Å². The molecule has 4 saturated carbocycles. The van der Waals surface area contributed by atoms with E-state index in [2.05, 4.69) is 11.9 Å². The zero-order valence-electron chi connectivity index (χ0n) is 12.3. The smallest absolute Gasteiger partial charge is 0.143 e. The zero-order chi connectivity index (χ0) is 13.8. The summed E-state index contributed by atoms with van der Waals surface area (Å²) >= 11 is 0. The molecule has 1 aromatic heterocycles. The molecule has 1 heterocycles. The van der Waals surface area contributed by atoms with E-state index in [1.165, 1.54) is 32.1 Å². The van der Waals surface area contributed by atoms with Crippen molar-refractivity contribution in [2.75, 3.05) is 0 Å². The van der Waals surface area contributed by atoms with Crippen LogP contribution in [0.5, 0.6) is 0 Å². The Morgan fingerprint density at radius 1 is 1.20 bits per heavy atom. The number of pyridine rings is 1. The van der Waals surface area contributed by atoms with Crippen LogP contribution in [0.3, 0.4) is 0 Å². The highest BCUT2D eigenvalue weighted by Crippen LogP contribution is 2.65. The second-order valence-corrected chi connectivity index (χ2v) is 8.01. The molecule has 0 aromatic carbocycles. The van der Waals surface area contributed by atoms with Crippen molar-refractivity contribution in [3.05, 3.63) is 30.1 Å². The monoisotopic (exact) mass is 269 g/mol. The number of carbonyl (C=O) groups is 1. The number of Topliss-reactive ketones (excluding diaryl/α,β-unsaturated/α-hetero) is 1. The first-order chi connectivity index (χ1) is 9.57. The van der Waals surface area contributed by atoms with Gasteiger partial charge in [0.1, 0.15) is 5.78 Å². The maximum Gasteiger partial charge on any atom is 0.143 e. The Hall–Kier alpha value is -1.18. The summed E-state index contributed by atoms with van der Waals surface area (Å²) in [7, 11) is 0. The standard InChI is InChI=1S/C18H23NO/c1-17-8-14-6-15(9-17)11-18(10-14,12-17)16(20)7-13-2-4-19-5-3-13/h2-5,14-15H,6-12H2,1H3. The highest BCUT2D eigenvalue weighted by molar-refractivity contribution is 5.87. The van der Waals surface area contributed by atoms with Crippen LogP contribution in [-0.4, -0.2) is 10.8 Å². The van der Waals surface area contributed by atoms with Gasteiger partial charge in [0, 0.05) is 24.2 Å². The molecule has 106 valence electrons. The molecule has 4 aliphatic carbocycles. The quantitative estimate of drug-likeness (QED) is 0.835. The highest BCUT2D eigenvalue weighted by Gasteiger charge is 2.58. The molecule has 0 radical (unpaired) electrons. The average Bonchev–Trinajstić information content (AvgIpc) is 2.37. The number of hydrogen-bond acceptors (Lipinski definition) is 2. The van der Waals surface area contributed by atoms with E-state index in [9.17, 15) is 4.79 Å². The van der Waals surface area contributed by atoms with Gasteiger partial charge in [-0.05, 0) is 73.5 Å². The van der Waals surface area contributed by atoms with Gasteiger partial charge in [-0.15, -0.1) is 0 Å². The lowest BCUT2D eigenvalue weighted by molar-refractivity contribution is -0.152. The molecule has 4 aliphatic rings. The van der Waals surface area contributed by atoms with Gasteiger partial charge in [-0.1, -0.05) is 6.92 Å². The van der Waals surface area contributed by atoms with Crippen molar-refractivity contribution >= 4 is 5.78 Å². The van der Waals surface area contributed by atoms with Crippen LogP contribution in [0.25, 0.3) is 0 Å². The van der Waals surface area contributed by atoms with Gasteiger partial charge in [0.15, 0.2) is 0 Å². The molecule has 0 aliphatic heterocycles. The van der Waals surface area contributed by atoms with Crippen LogP contribution in [-0.2, 0) is 11.2 Å². The highest BCUT2D eigenvalue weighted by atomic mass is 16.1. The second kappa shape index (κ2) is 4.16. The number of nitrogens with zero attached hydrogens (tertiary/aromatic N) is 1. The van der Waals surface area contributed by atoms with Gasteiger partial charge in [0.25, 0.3) is 0 Å². The van der Waals surface area contributed by atoms with E-state index in [-0.39, 0.29) is 5.41 Å². The third-order valence-electron chi connectivity index (χ3n) is 6.06. The van der Waals surface area contributed by atoms with E-state index in [1.54, 1.807) is 12.4 Å². The lowest BCUT2D eigenvalue weighted by Crippen LogP contribution is -2.54. The fraction of sp³-hybridized carbons (Fsp3) is 0.667. The third-order valence-corrected chi connectivity index (χ3v) is 6.06. The zero-order valence-corrected chi connectivity index (χ0v) is 12.3. The van der Waals surface area contributed by atoms with Crippen LogP contribution < -0.4 is 0 Å². The molecule has 4 fully saturated rings. The van der Waals surface area contributed by atoms with Crippen molar-refractivity contribution in [3.63, 3.8) is 0 Å². The van der Waals surface area contributed by atoms with Crippen LogP contribution in [0.2, 0.25) is 0 Å². The van der Waals surface area contributed by atoms with Crippen molar-refractivity contribution in [1.29, 1.82) is 0 Å². The molecule has 0 amide bonds. The Morgan fingerprint density at radius 3 is 2.45 bits per heavy atom. The summed E-state index contributed by atoms with van der Waals surface area (Å²) in [4.78, 5) is 17.0. The Kier molecular flexibility index (Phi) is 2.61. The summed E-state index contributed by atoms with van der Waals surface area (Å²) < 4.78 is 0. The average molecular weight is 269 g/mol. The minimum atomic E-state index is 0.0160. The van der Waals surface area contributed by atoms with Gasteiger partial charge in [0.2, 0.25) is 0 Å². The summed E-state index contributed by atoms with van der Waals surface area (Å²) in [6, 6.07) is 3.97. The lowest BCUT2D eigenvalue weighted by atomic mass is 9.43. The van der Waals surface area contributed by atoms with Gasteiger partial charge in [-0.3, -0.25) is 9.78 Å². The van der Waals surface area contributed by atoms with Crippen molar-refractivity contribution < 1.29 is 4.79 Å². The first-order valence-electron chi connectivity index (χ1n) is 7.99. The van der Waals surface area contributed by atoms with Crippen LogP contribution >= 0.6 is 0 Å². The largest absolute Gasteiger partial charge is 0.299 e. The molecule has 2 heteroatoms. The summed E-state index contributed by atoms with van der Waals surface area (Å²) in [6.07, 6.45) is 11.8. The van der Waals surface area contributed by atoms with Crippen molar-refractivity contribution in [3.8, 4) is 0 Å². The SMILES string of the molecule is CC12CC3CC(C1)CC(C(=O)Cc1ccncc1)(C3)C2. The van der Waals surface area contributed by atoms with Gasteiger partial charge < -0.3 is 0 Å². The molecule has 1 aromatic rings. The number of hydrogen-bond donors (Lipinski definition) is 0. The first-order valence-corrected chi connectivity index (χ1v) is 7.99. The van der Waals surface area contributed by atoms with Crippen molar-refractivity contribution in [1.82, 2.24) is 4.98 Å². The molecule has 2 atom stereocenters. The molecular weight excluding hydrogens is 246 g/mol. The first kappa shape index (κ1) is 12.6. The Labute approximate surface area is 121 Å². The molecule has 2 unspecified atom stereocenters. The minimum absolute atomic E-state index is 0.0160. The number of rotatable bonds is 3. The molecule has 0 N–H and O–H groups in total. The summed E-state index contributed by atoms with van der Waals surface area (Å²) in [5.74, 6) is 2.15. The van der Waals surface area contributed by atoms with Crippen LogP contribution in [0.15, 0.2) is 24.5 Å². The second-order valence-electron chi connectivity index (χ2n) is 8.01. The summed E-state index contributed by atoms with van der Waals surface area (Å²) in [6.45, 7) is 2.43. The third kappa shape index (κ3) is 1.92. The van der Waals surface area contributed by atoms with Crippen molar-refractivity contribution in [2.24, 2.45) is 22.7 Å². The van der Waals surface area contributed by atoms with Crippen LogP contribution in [0, 0.1) is 22.7 Å². The molecule has 2 nitrogen and oxygen atoms in total. The molecule has 20 heavy (non-hydrogen) atoms. The minimum Gasteiger partial charge on any atom is -0.299 e. The number of ketones is 1. The molecule has 5 rings (SSSR count). The maximum atomic E-state index is 13.0. The molecule has 4 bridgehead atoms. The van der Waals surface area contributed by atoms with Crippen LogP contribution in [0.1, 0.15) is 51.0 Å². The predicted molar refractivity (Wildman–Crippen MR) is 78.2 cm³/mol. The Bertz CT molecular complexity index is 522. The lowest BCUT2D eigenvalue weighted by Gasteiger charge is -2.60. The molecule has 0 saturated heterocycles. The van der Waals surface area contributed by atoms with E-state index in [0.717, 1.165) is 23.8 Å². The Morgan fingerprint density at radius 2 is 1.85 bits per heavy atom. The fourth-order valence-electron chi connectivity index (χ4n) is 5.92. The predicted octanol–water partition coefficient (Wildman–Crippen LogP) is 3.80. The topological polar surface area (TPSA) is 30.0 Å². The van der Waals surface area contributed by atoms with Gasteiger partial charge >= 0.3 is 0 Å². The number of carbonyl (C=O) groups excluding carboxylic acids is 1. The van der Waals surface area contributed by atoms with E-state index in [1.807, 2.05) is 12.1 Å². The summed E-state index contributed by atoms with van der Waals surface area (Å²) in [5, 5.41) is 0. The van der Waals surface area contributed by atoms with Crippen LogP contribution in [0.4, 0.5) is 0 Å². The maximum absolute atomic E-state index is 13.0. The van der Waals surface area contributed by atoms with Crippen molar-refractivity contribution in [2.45, 2.75) is 51.9 Å². The van der Waals surface area contributed by atoms with Gasteiger partial charge in [-0.2, -0.15) is 0 Å².